The van der Waals surface area contributed by atoms with Crippen molar-refractivity contribution in [3.63, 3.8) is 0 Å². The number of pyridine rings is 1. The van der Waals surface area contributed by atoms with Gasteiger partial charge in [0.2, 0.25) is 0 Å². The fourth-order valence-corrected chi connectivity index (χ4v) is 2.45. The van der Waals surface area contributed by atoms with E-state index in [9.17, 15) is 9.18 Å². The fourth-order valence-electron chi connectivity index (χ4n) is 2.45. The number of ether oxygens (including phenoxy) is 1. The average molecular weight is 330 g/mol. The molecule has 1 saturated heterocycles. The molecule has 124 valence electrons. The first-order valence-corrected chi connectivity index (χ1v) is 7.19. The van der Waals surface area contributed by atoms with Gasteiger partial charge in [-0.15, -0.1) is 0 Å². The number of amides is 1. The molecule has 1 aromatic carbocycles. The van der Waals surface area contributed by atoms with Crippen LogP contribution in [0.2, 0.25) is 0 Å². The predicted molar refractivity (Wildman–Crippen MR) is 85.3 cm³/mol. The number of nitrogen functional groups attached to an aromatic ring is 1. The highest BCUT2D eigenvalue weighted by molar-refractivity contribution is 5.93. The number of carbonyl (C=O) groups excluding carboxylic acids is 1. The quantitative estimate of drug-likeness (QED) is 0.581. The van der Waals surface area contributed by atoms with E-state index in [0.29, 0.717) is 22.5 Å². The number of nitrogens with two attached hydrogens (primary N) is 1. The van der Waals surface area contributed by atoms with E-state index in [4.69, 9.17) is 21.0 Å². The Labute approximate surface area is 137 Å². The van der Waals surface area contributed by atoms with Crippen molar-refractivity contribution in [3.8, 4) is 11.1 Å². The van der Waals surface area contributed by atoms with Crippen LogP contribution >= 0.6 is 0 Å². The second kappa shape index (κ2) is 6.25. The molecule has 8 heteroatoms. The monoisotopic (exact) mass is 330 g/mol. The Balaban J connectivity index is 1.87. The van der Waals surface area contributed by atoms with Gasteiger partial charge >= 0.3 is 6.09 Å². The molecule has 0 saturated carbocycles. The minimum atomic E-state index is -0.617. The maximum absolute atomic E-state index is 14.4. The highest BCUT2D eigenvalue weighted by atomic mass is 19.1. The Bertz CT molecular complexity index is 794. The number of hydrogen-bond acceptors (Lipinski definition) is 5. The second-order valence-corrected chi connectivity index (χ2v) is 5.31. The molecule has 0 unspecified atom stereocenters. The molecule has 2 aromatic rings. The van der Waals surface area contributed by atoms with Crippen molar-refractivity contribution < 1.29 is 19.0 Å². The lowest BCUT2D eigenvalue weighted by Gasteiger charge is -2.14. The van der Waals surface area contributed by atoms with E-state index in [1.807, 2.05) is 0 Å². The number of cyclic esters (lactones) is 1. The summed E-state index contributed by atoms with van der Waals surface area (Å²) in [6.45, 7) is -0.111. The molecule has 24 heavy (non-hydrogen) atoms. The van der Waals surface area contributed by atoms with Crippen LogP contribution < -0.4 is 10.6 Å². The molecule has 0 bridgehead atoms. The smallest absolute Gasteiger partial charge is 0.414 e. The summed E-state index contributed by atoms with van der Waals surface area (Å²) in [7, 11) is 0. The summed E-state index contributed by atoms with van der Waals surface area (Å²) < 4.78 is 19.4. The van der Waals surface area contributed by atoms with Gasteiger partial charge in [-0.25, -0.2) is 9.18 Å². The van der Waals surface area contributed by atoms with E-state index in [0.717, 1.165) is 0 Å². The van der Waals surface area contributed by atoms with Crippen LogP contribution in [0.5, 0.6) is 0 Å². The van der Waals surface area contributed by atoms with Crippen molar-refractivity contribution in [3.05, 3.63) is 48.0 Å². The number of carbonyl (C=O) groups is 1. The Morgan fingerprint density at radius 2 is 2.25 bits per heavy atom. The Morgan fingerprint density at radius 3 is 2.79 bits per heavy atom. The van der Waals surface area contributed by atoms with Gasteiger partial charge < -0.3 is 15.6 Å². The van der Waals surface area contributed by atoms with Crippen molar-refractivity contribution in [2.24, 2.45) is 5.73 Å². The lowest BCUT2D eigenvalue weighted by atomic mass is 10.1. The van der Waals surface area contributed by atoms with Crippen LogP contribution in [0.3, 0.4) is 0 Å². The van der Waals surface area contributed by atoms with Crippen LogP contribution in [-0.2, 0) is 4.74 Å². The normalized spacial score (nSPS) is 17.0. The molecule has 0 spiro atoms. The topological polar surface area (TPSA) is 113 Å². The van der Waals surface area contributed by atoms with E-state index in [1.165, 1.54) is 29.3 Å². The van der Waals surface area contributed by atoms with E-state index >= 15 is 0 Å². The van der Waals surface area contributed by atoms with E-state index in [-0.39, 0.29) is 19.0 Å². The van der Waals surface area contributed by atoms with Crippen LogP contribution in [0, 0.1) is 11.2 Å². The van der Waals surface area contributed by atoms with Crippen LogP contribution in [0.4, 0.5) is 14.9 Å². The zero-order valence-electron chi connectivity index (χ0n) is 12.6. The molecule has 1 aliphatic heterocycles. The highest BCUT2D eigenvalue weighted by Gasteiger charge is 2.32. The first-order chi connectivity index (χ1) is 11.5. The third-order valence-electron chi connectivity index (χ3n) is 3.69. The predicted octanol–water partition coefficient (Wildman–Crippen LogP) is 1.49. The van der Waals surface area contributed by atoms with Gasteiger partial charge in [-0.3, -0.25) is 15.3 Å². The molecule has 1 aliphatic rings. The van der Waals surface area contributed by atoms with Crippen LogP contribution in [0.15, 0.2) is 36.5 Å². The van der Waals surface area contributed by atoms with Gasteiger partial charge in [0.25, 0.3) is 0 Å². The largest absolute Gasteiger partial charge is 0.441 e. The van der Waals surface area contributed by atoms with Crippen molar-refractivity contribution >= 4 is 17.6 Å². The van der Waals surface area contributed by atoms with Gasteiger partial charge in [0.05, 0.1) is 18.8 Å². The van der Waals surface area contributed by atoms with Gasteiger partial charge in [0.15, 0.2) is 0 Å². The molecule has 3 rings (SSSR count). The first kappa shape index (κ1) is 15.9. The zero-order chi connectivity index (χ0) is 17.3. The Kier molecular flexibility index (Phi) is 4.13. The molecule has 4 N–H and O–H groups in total. The van der Waals surface area contributed by atoms with Gasteiger partial charge in [-0.2, -0.15) is 0 Å². The van der Waals surface area contributed by atoms with Gasteiger partial charge in [0, 0.05) is 17.3 Å². The molecule has 1 aromatic heterocycles. The number of aliphatic hydroxyl groups is 1. The molecule has 7 nitrogen and oxygen atoms in total. The molecule has 1 atom stereocenters. The van der Waals surface area contributed by atoms with E-state index in [1.54, 1.807) is 12.1 Å². The summed E-state index contributed by atoms with van der Waals surface area (Å²) in [5.74, 6) is -0.687. The number of hydrogen-bond donors (Lipinski definition) is 3. The van der Waals surface area contributed by atoms with Crippen molar-refractivity contribution in [2.75, 3.05) is 18.1 Å². The number of anilines is 1. The first-order valence-electron chi connectivity index (χ1n) is 7.19. The van der Waals surface area contributed by atoms with Gasteiger partial charge in [0.1, 0.15) is 23.5 Å². The minimum Gasteiger partial charge on any atom is -0.441 e. The summed E-state index contributed by atoms with van der Waals surface area (Å²) in [5.41, 5.74) is 6.84. The SMILES string of the molecule is N=C(N)c1ccc(-c2ccc(N3C[C@H](CO)OC3=O)cc2F)cn1. The van der Waals surface area contributed by atoms with Crippen LogP contribution in [0.1, 0.15) is 5.69 Å². The van der Waals surface area contributed by atoms with E-state index < -0.39 is 18.0 Å². The number of aromatic nitrogens is 1. The number of amidine groups is 1. The molecular formula is C16H15FN4O3. The molecule has 0 radical (unpaired) electrons. The summed E-state index contributed by atoms with van der Waals surface area (Å²) in [5, 5.41) is 16.4. The number of rotatable bonds is 4. The maximum Gasteiger partial charge on any atom is 0.414 e. The Hall–Kier alpha value is -3.00. The number of benzene rings is 1. The number of halogens is 1. The van der Waals surface area contributed by atoms with Crippen LogP contribution in [-0.4, -0.2) is 41.3 Å². The highest BCUT2D eigenvalue weighted by Crippen LogP contribution is 2.28. The molecule has 2 heterocycles. The average Bonchev–Trinajstić information content (AvgIpc) is 2.96. The van der Waals surface area contributed by atoms with Crippen molar-refractivity contribution in [2.45, 2.75) is 6.10 Å². The number of nitrogens with zero attached hydrogens (tertiary/aromatic N) is 2. The third kappa shape index (κ3) is 2.91. The summed E-state index contributed by atoms with van der Waals surface area (Å²) in [6.07, 6.45) is 0.207. The molecule has 0 aliphatic carbocycles. The zero-order valence-corrected chi connectivity index (χ0v) is 12.6. The summed E-state index contributed by atoms with van der Waals surface area (Å²) >= 11 is 0. The van der Waals surface area contributed by atoms with Gasteiger partial charge in [-0.1, -0.05) is 6.07 Å². The molecule has 1 fully saturated rings. The fraction of sp³-hybridized carbons (Fsp3) is 0.188. The minimum absolute atomic E-state index is 0.164. The lowest BCUT2D eigenvalue weighted by Crippen LogP contribution is -2.25. The maximum atomic E-state index is 14.4. The van der Waals surface area contributed by atoms with E-state index in [2.05, 4.69) is 4.98 Å². The Morgan fingerprint density at radius 1 is 1.46 bits per heavy atom. The second-order valence-electron chi connectivity index (χ2n) is 5.31. The summed E-state index contributed by atoms with van der Waals surface area (Å²) in [6, 6.07) is 7.52. The number of aliphatic hydroxyl groups excluding tert-OH is 1. The molecule has 1 amide bonds. The third-order valence-corrected chi connectivity index (χ3v) is 3.69. The van der Waals surface area contributed by atoms with Crippen LogP contribution in [0.25, 0.3) is 11.1 Å². The molecular weight excluding hydrogens is 315 g/mol. The lowest BCUT2D eigenvalue weighted by molar-refractivity contribution is 0.0963. The van der Waals surface area contributed by atoms with Gasteiger partial charge in [-0.05, 0) is 24.3 Å². The summed E-state index contributed by atoms with van der Waals surface area (Å²) in [4.78, 5) is 17.0. The van der Waals surface area contributed by atoms with Crippen molar-refractivity contribution in [1.82, 2.24) is 4.98 Å². The standard InChI is InChI=1S/C16H15FN4O3/c17-13-5-10(21-7-11(8-22)24-16(21)23)2-3-12(13)9-1-4-14(15(18)19)20-6-9/h1-6,11,22H,7-8H2,(H3,18,19)/t11-/m1/s1. The van der Waals surface area contributed by atoms with Crippen molar-refractivity contribution in [1.29, 1.82) is 5.41 Å². The number of nitrogens with one attached hydrogen (secondary N) is 1.